The largest absolute Gasteiger partial charge is 0.479 e. The van der Waals surface area contributed by atoms with Crippen LogP contribution >= 0.6 is 0 Å². The zero-order chi connectivity index (χ0) is 15.6. The summed E-state index contributed by atoms with van der Waals surface area (Å²) in [5.41, 5.74) is 1.68. The van der Waals surface area contributed by atoms with Crippen LogP contribution in [0.25, 0.3) is 11.0 Å². The van der Waals surface area contributed by atoms with E-state index in [1.54, 1.807) is 12.1 Å². The van der Waals surface area contributed by atoms with Crippen LogP contribution in [-0.4, -0.2) is 17.2 Å². The first-order valence-electron chi connectivity index (χ1n) is 6.89. The first-order chi connectivity index (χ1) is 9.92. The van der Waals surface area contributed by atoms with Gasteiger partial charge in [-0.3, -0.25) is 0 Å². The van der Waals surface area contributed by atoms with E-state index in [0.29, 0.717) is 23.1 Å². The maximum atomic E-state index is 11.6. The van der Waals surface area contributed by atoms with Gasteiger partial charge in [0, 0.05) is 6.07 Å². The van der Waals surface area contributed by atoms with Gasteiger partial charge >= 0.3 is 11.6 Å². The molecule has 0 fully saturated rings. The summed E-state index contributed by atoms with van der Waals surface area (Å²) in [6.07, 6.45) is 0.583. The van der Waals surface area contributed by atoms with E-state index in [9.17, 15) is 9.59 Å². The van der Waals surface area contributed by atoms with E-state index in [0.717, 1.165) is 17.5 Å². The van der Waals surface area contributed by atoms with Crippen molar-refractivity contribution in [2.75, 3.05) is 0 Å². The Kier molecular flexibility index (Phi) is 4.31. The minimum absolute atomic E-state index is 0.409. The van der Waals surface area contributed by atoms with Crippen LogP contribution in [0.1, 0.15) is 31.4 Å². The van der Waals surface area contributed by atoms with E-state index in [1.807, 2.05) is 13.8 Å². The molecule has 1 atom stereocenters. The molecule has 0 saturated heterocycles. The third-order valence-corrected chi connectivity index (χ3v) is 3.20. The Labute approximate surface area is 122 Å². The summed E-state index contributed by atoms with van der Waals surface area (Å²) in [6.45, 7) is 5.31. The Morgan fingerprint density at radius 1 is 1.38 bits per heavy atom. The molecule has 2 aromatic rings. The number of fused-ring (bicyclic) bond motifs is 1. The van der Waals surface area contributed by atoms with Gasteiger partial charge in [0.05, 0.1) is 5.39 Å². The Balaban J connectivity index is 2.67. The number of aryl methyl sites for hydroxylation is 2. The molecule has 0 aliphatic carbocycles. The van der Waals surface area contributed by atoms with Gasteiger partial charge < -0.3 is 14.3 Å². The molecule has 0 radical (unpaired) electrons. The smallest absolute Gasteiger partial charge is 0.344 e. The van der Waals surface area contributed by atoms with E-state index in [1.165, 1.54) is 13.0 Å². The standard InChI is InChI=1S/C16H18O5/c1-4-5-11-8-14(17)21-13-7-9(2)6-12(15(11)13)20-10(3)16(18)19/h6-8,10H,4-5H2,1-3H3,(H,18,19). The third-order valence-electron chi connectivity index (χ3n) is 3.20. The van der Waals surface area contributed by atoms with Gasteiger partial charge in [-0.15, -0.1) is 0 Å². The van der Waals surface area contributed by atoms with Crippen molar-refractivity contribution in [3.8, 4) is 5.75 Å². The fraction of sp³-hybridized carbons (Fsp3) is 0.375. The van der Waals surface area contributed by atoms with Crippen molar-refractivity contribution >= 4 is 16.9 Å². The van der Waals surface area contributed by atoms with Gasteiger partial charge in [0.25, 0.3) is 0 Å². The maximum Gasteiger partial charge on any atom is 0.344 e. The molecule has 2 rings (SSSR count). The molecule has 0 aliphatic rings. The zero-order valence-electron chi connectivity index (χ0n) is 12.3. The van der Waals surface area contributed by atoms with Gasteiger partial charge in [-0.05, 0) is 43.5 Å². The van der Waals surface area contributed by atoms with Crippen LogP contribution in [0.5, 0.6) is 5.75 Å². The molecule has 1 aromatic heterocycles. The van der Waals surface area contributed by atoms with Crippen LogP contribution in [-0.2, 0) is 11.2 Å². The molecule has 1 unspecified atom stereocenters. The fourth-order valence-corrected chi connectivity index (χ4v) is 2.27. The molecule has 0 spiro atoms. The number of carbonyl (C=O) groups is 1. The molecule has 5 nitrogen and oxygen atoms in total. The molecule has 21 heavy (non-hydrogen) atoms. The van der Waals surface area contributed by atoms with E-state index in [4.69, 9.17) is 14.3 Å². The highest BCUT2D eigenvalue weighted by Crippen LogP contribution is 2.31. The summed E-state index contributed by atoms with van der Waals surface area (Å²) in [4.78, 5) is 22.6. The van der Waals surface area contributed by atoms with Crippen LogP contribution in [0.15, 0.2) is 27.4 Å². The van der Waals surface area contributed by atoms with Crippen molar-refractivity contribution in [1.29, 1.82) is 0 Å². The van der Waals surface area contributed by atoms with Crippen molar-refractivity contribution in [2.45, 2.75) is 39.7 Å². The van der Waals surface area contributed by atoms with Crippen molar-refractivity contribution in [2.24, 2.45) is 0 Å². The minimum Gasteiger partial charge on any atom is -0.479 e. The van der Waals surface area contributed by atoms with Crippen LogP contribution in [0.2, 0.25) is 0 Å². The molecule has 112 valence electrons. The normalized spacial score (nSPS) is 12.3. The Hall–Kier alpha value is -2.30. The Morgan fingerprint density at radius 3 is 2.71 bits per heavy atom. The maximum absolute atomic E-state index is 11.6. The van der Waals surface area contributed by atoms with Gasteiger partial charge in [0.15, 0.2) is 6.10 Å². The summed E-state index contributed by atoms with van der Waals surface area (Å²) in [5, 5.41) is 9.68. The summed E-state index contributed by atoms with van der Waals surface area (Å²) in [6, 6.07) is 4.97. The Morgan fingerprint density at radius 2 is 2.10 bits per heavy atom. The third kappa shape index (κ3) is 3.24. The van der Waals surface area contributed by atoms with E-state index in [2.05, 4.69) is 0 Å². The lowest BCUT2D eigenvalue weighted by Crippen LogP contribution is -2.23. The molecular weight excluding hydrogens is 272 g/mol. The Bertz CT molecular complexity index is 729. The molecular formula is C16H18O5. The summed E-state index contributed by atoms with van der Waals surface area (Å²) >= 11 is 0. The topological polar surface area (TPSA) is 76.7 Å². The summed E-state index contributed by atoms with van der Waals surface area (Å²) in [5.74, 6) is -0.605. The summed E-state index contributed by atoms with van der Waals surface area (Å²) < 4.78 is 10.8. The second-order valence-corrected chi connectivity index (χ2v) is 5.08. The van der Waals surface area contributed by atoms with Gasteiger partial charge in [0.2, 0.25) is 0 Å². The summed E-state index contributed by atoms with van der Waals surface area (Å²) in [7, 11) is 0. The number of carboxylic acids is 1. The lowest BCUT2D eigenvalue weighted by molar-refractivity contribution is -0.144. The second-order valence-electron chi connectivity index (χ2n) is 5.08. The molecule has 1 heterocycles. The van der Waals surface area contributed by atoms with Crippen LogP contribution in [0.4, 0.5) is 0 Å². The van der Waals surface area contributed by atoms with Gasteiger partial charge in [-0.2, -0.15) is 0 Å². The molecule has 0 aliphatic heterocycles. The highest BCUT2D eigenvalue weighted by molar-refractivity contribution is 5.88. The first kappa shape index (κ1) is 15.1. The van der Waals surface area contributed by atoms with E-state index >= 15 is 0 Å². The monoisotopic (exact) mass is 290 g/mol. The number of benzene rings is 1. The minimum atomic E-state index is -1.04. The fourth-order valence-electron chi connectivity index (χ4n) is 2.27. The molecule has 1 aromatic carbocycles. The lowest BCUT2D eigenvalue weighted by Gasteiger charge is -2.15. The number of aliphatic carboxylic acids is 1. The van der Waals surface area contributed by atoms with Gasteiger partial charge in [0.1, 0.15) is 11.3 Å². The molecule has 5 heteroatoms. The van der Waals surface area contributed by atoms with E-state index in [-0.39, 0.29) is 0 Å². The molecule has 0 amide bonds. The average Bonchev–Trinajstić information content (AvgIpc) is 2.37. The quantitative estimate of drug-likeness (QED) is 0.857. The van der Waals surface area contributed by atoms with Gasteiger partial charge in [-0.1, -0.05) is 13.3 Å². The van der Waals surface area contributed by atoms with Gasteiger partial charge in [-0.25, -0.2) is 9.59 Å². The predicted octanol–water partition coefficient (Wildman–Crippen LogP) is 2.91. The average molecular weight is 290 g/mol. The van der Waals surface area contributed by atoms with Crippen LogP contribution < -0.4 is 10.4 Å². The van der Waals surface area contributed by atoms with Crippen LogP contribution in [0.3, 0.4) is 0 Å². The second kappa shape index (κ2) is 5.99. The lowest BCUT2D eigenvalue weighted by atomic mass is 10.0. The number of hydrogen-bond acceptors (Lipinski definition) is 4. The number of carboxylic acid groups (broad SMARTS) is 1. The number of hydrogen-bond donors (Lipinski definition) is 1. The highest BCUT2D eigenvalue weighted by atomic mass is 16.5. The van der Waals surface area contributed by atoms with Crippen molar-refractivity contribution < 1.29 is 19.1 Å². The first-order valence-corrected chi connectivity index (χ1v) is 6.89. The predicted molar refractivity (Wildman–Crippen MR) is 78.9 cm³/mol. The number of ether oxygens (including phenoxy) is 1. The zero-order valence-corrected chi connectivity index (χ0v) is 12.3. The molecule has 1 N–H and O–H groups in total. The van der Waals surface area contributed by atoms with Crippen molar-refractivity contribution in [3.63, 3.8) is 0 Å². The SMILES string of the molecule is CCCc1cc(=O)oc2cc(C)cc(OC(C)C(=O)O)c12. The molecule has 0 saturated carbocycles. The molecule has 0 bridgehead atoms. The van der Waals surface area contributed by atoms with Crippen molar-refractivity contribution in [3.05, 3.63) is 39.7 Å². The van der Waals surface area contributed by atoms with Crippen molar-refractivity contribution in [1.82, 2.24) is 0 Å². The van der Waals surface area contributed by atoms with E-state index < -0.39 is 17.7 Å². The number of rotatable bonds is 5. The van der Waals surface area contributed by atoms with Crippen LogP contribution in [0, 0.1) is 6.92 Å². The highest BCUT2D eigenvalue weighted by Gasteiger charge is 2.17.